The lowest BCUT2D eigenvalue weighted by Gasteiger charge is -2.23. The van der Waals surface area contributed by atoms with Gasteiger partial charge in [-0.25, -0.2) is 0 Å². The van der Waals surface area contributed by atoms with Gasteiger partial charge in [-0.3, -0.25) is 9.59 Å². The first-order valence-electron chi connectivity index (χ1n) is 6.63. The molecule has 1 atom stereocenters. The number of carbonyl (C=O) groups is 2. The van der Waals surface area contributed by atoms with E-state index in [9.17, 15) is 9.59 Å². The van der Waals surface area contributed by atoms with Crippen molar-refractivity contribution < 1.29 is 14.3 Å². The maximum absolute atomic E-state index is 12.0. The Balaban J connectivity index is 0.00000220. The summed E-state index contributed by atoms with van der Waals surface area (Å²) in [7, 11) is 1.56. The Kier molecular flexibility index (Phi) is 7.14. The third-order valence-electron chi connectivity index (χ3n) is 3.10. The number of rotatable bonds is 4. The van der Waals surface area contributed by atoms with Crippen LogP contribution in [0.4, 0.5) is 5.69 Å². The number of nitrogens with one attached hydrogen (secondary N) is 3. The first-order valence-corrected chi connectivity index (χ1v) is 6.63. The van der Waals surface area contributed by atoms with Gasteiger partial charge in [-0.05, 0) is 12.1 Å². The van der Waals surface area contributed by atoms with Crippen molar-refractivity contribution in [1.82, 2.24) is 10.6 Å². The molecule has 1 saturated heterocycles. The Morgan fingerprint density at radius 3 is 2.81 bits per heavy atom. The summed E-state index contributed by atoms with van der Waals surface area (Å²) in [6, 6.07) is 6.96. The molecule has 6 nitrogen and oxygen atoms in total. The van der Waals surface area contributed by atoms with Gasteiger partial charge in [-0.2, -0.15) is 0 Å². The number of halogens is 1. The number of ether oxygens (including phenoxy) is 1. The number of benzene rings is 1. The smallest absolute Gasteiger partial charge is 0.253 e. The predicted octanol–water partition coefficient (Wildman–Crippen LogP) is 0.785. The van der Waals surface area contributed by atoms with Gasteiger partial charge in [0, 0.05) is 26.1 Å². The van der Waals surface area contributed by atoms with Gasteiger partial charge in [0.2, 0.25) is 5.91 Å². The Hall–Kier alpha value is -1.63. The lowest BCUT2D eigenvalue weighted by atomic mass is 10.1. The van der Waals surface area contributed by atoms with E-state index in [0.717, 1.165) is 6.54 Å². The van der Waals surface area contributed by atoms with E-state index in [1.54, 1.807) is 31.3 Å². The summed E-state index contributed by atoms with van der Waals surface area (Å²) in [6.07, 6.45) is 0.322. The summed E-state index contributed by atoms with van der Waals surface area (Å²) >= 11 is 0. The molecule has 1 aliphatic heterocycles. The molecular weight excluding hydrogens is 294 g/mol. The van der Waals surface area contributed by atoms with Gasteiger partial charge in [0.05, 0.1) is 24.5 Å². The molecule has 0 radical (unpaired) electrons. The average molecular weight is 314 g/mol. The molecule has 0 bridgehead atoms. The highest BCUT2D eigenvalue weighted by atomic mass is 35.5. The molecule has 2 amide bonds. The lowest BCUT2D eigenvalue weighted by Crippen LogP contribution is -2.43. The molecule has 116 valence electrons. The fourth-order valence-corrected chi connectivity index (χ4v) is 2.10. The van der Waals surface area contributed by atoms with Crippen molar-refractivity contribution in [1.29, 1.82) is 0 Å². The van der Waals surface area contributed by atoms with Gasteiger partial charge < -0.3 is 20.7 Å². The van der Waals surface area contributed by atoms with E-state index in [2.05, 4.69) is 16.0 Å². The molecule has 7 heteroatoms. The normalized spacial score (nSPS) is 17.5. The topological polar surface area (TPSA) is 79.5 Å². The van der Waals surface area contributed by atoms with E-state index in [0.29, 0.717) is 30.9 Å². The number of carbonyl (C=O) groups excluding carboxylic acids is 2. The van der Waals surface area contributed by atoms with Gasteiger partial charge in [0.1, 0.15) is 0 Å². The average Bonchev–Trinajstić information content (AvgIpc) is 2.48. The zero-order valence-corrected chi connectivity index (χ0v) is 12.7. The van der Waals surface area contributed by atoms with Crippen molar-refractivity contribution in [3.05, 3.63) is 29.8 Å². The second kappa shape index (κ2) is 8.61. The van der Waals surface area contributed by atoms with Crippen LogP contribution in [0, 0.1) is 0 Å². The van der Waals surface area contributed by atoms with E-state index in [-0.39, 0.29) is 30.3 Å². The van der Waals surface area contributed by atoms with Gasteiger partial charge >= 0.3 is 0 Å². The Morgan fingerprint density at radius 2 is 2.14 bits per heavy atom. The highest BCUT2D eigenvalue weighted by Crippen LogP contribution is 2.15. The Bertz CT molecular complexity index is 490. The second-order valence-electron chi connectivity index (χ2n) is 4.60. The van der Waals surface area contributed by atoms with Crippen LogP contribution >= 0.6 is 12.4 Å². The number of anilines is 1. The largest absolute Gasteiger partial charge is 0.378 e. The number of hydrogen-bond acceptors (Lipinski definition) is 4. The quantitative estimate of drug-likeness (QED) is 0.767. The summed E-state index contributed by atoms with van der Waals surface area (Å²) in [4.78, 5) is 23.7. The van der Waals surface area contributed by atoms with Crippen molar-refractivity contribution in [2.75, 3.05) is 32.1 Å². The van der Waals surface area contributed by atoms with Crippen molar-refractivity contribution in [3.8, 4) is 0 Å². The van der Waals surface area contributed by atoms with E-state index in [4.69, 9.17) is 4.74 Å². The molecule has 2 rings (SSSR count). The lowest BCUT2D eigenvalue weighted by molar-refractivity contribution is -0.117. The minimum absolute atomic E-state index is 0. The van der Waals surface area contributed by atoms with Crippen LogP contribution < -0.4 is 16.0 Å². The summed E-state index contributed by atoms with van der Waals surface area (Å²) in [5.74, 6) is -0.357. The molecule has 21 heavy (non-hydrogen) atoms. The predicted molar refractivity (Wildman–Crippen MR) is 82.9 cm³/mol. The SMILES string of the molecule is CNC(=O)c1ccccc1NC(=O)CC1COCCN1.Cl. The molecule has 1 fully saturated rings. The zero-order chi connectivity index (χ0) is 14.4. The van der Waals surface area contributed by atoms with Crippen LogP contribution in [0.2, 0.25) is 0 Å². The summed E-state index contributed by atoms with van der Waals surface area (Å²) < 4.78 is 5.31. The van der Waals surface area contributed by atoms with Crippen molar-refractivity contribution in [3.63, 3.8) is 0 Å². The van der Waals surface area contributed by atoms with Gasteiger partial charge in [0.25, 0.3) is 5.91 Å². The minimum Gasteiger partial charge on any atom is -0.378 e. The van der Waals surface area contributed by atoms with Crippen molar-refractivity contribution >= 4 is 29.9 Å². The maximum atomic E-state index is 12.0. The van der Waals surface area contributed by atoms with E-state index >= 15 is 0 Å². The third-order valence-corrected chi connectivity index (χ3v) is 3.10. The van der Waals surface area contributed by atoms with Crippen LogP contribution in [0.1, 0.15) is 16.8 Å². The molecule has 1 aliphatic rings. The molecule has 3 N–H and O–H groups in total. The number of morpholine rings is 1. The highest BCUT2D eigenvalue weighted by Gasteiger charge is 2.18. The minimum atomic E-state index is -0.222. The number of hydrogen-bond donors (Lipinski definition) is 3. The van der Waals surface area contributed by atoms with Gasteiger partial charge in [0.15, 0.2) is 0 Å². The van der Waals surface area contributed by atoms with E-state index in [1.807, 2.05) is 0 Å². The summed E-state index contributed by atoms with van der Waals surface area (Å²) in [5, 5.41) is 8.55. The zero-order valence-electron chi connectivity index (χ0n) is 11.8. The first kappa shape index (κ1) is 17.4. The van der Waals surface area contributed by atoms with Gasteiger partial charge in [-0.1, -0.05) is 12.1 Å². The third kappa shape index (κ3) is 5.00. The standard InChI is InChI=1S/C14H19N3O3.ClH/c1-15-14(19)11-4-2-3-5-12(11)17-13(18)8-10-9-20-7-6-16-10;/h2-5,10,16H,6-9H2,1H3,(H,15,19)(H,17,18);1H. The van der Waals surface area contributed by atoms with E-state index in [1.165, 1.54) is 0 Å². The first-order chi connectivity index (χ1) is 9.70. The highest BCUT2D eigenvalue weighted by molar-refractivity contribution is 6.03. The molecular formula is C14H20ClN3O3. The van der Waals surface area contributed by atoms with Crippen LogP contribution in [0.15, 0.2) is 24.3 Å². The monoisotopic (exact) mass is 313 g/mol. The maximum Gasteiger partial charge on any atom is 0.253 e. The molecule has 1 aromatic carbocycles. The Morgan fingerprint density at radius 1 is 1.38 bits per heavy atom. The van der Waals surface area contributed by atoms with Crippen LogP contribution in [-0.2, 0) is 9.53 Å². The second-order valence-corrected chi connectivity index (χ2v) is 4.60. The molecule has 1 unspecified atom stereocenters. The van der Waals surface area contributed by atoms with Gasteiger partial charge in [-0.15, -0.1) is 12.4 Å². The van der Waals surface area contributed by atoms with Crippen LogP contribution in [-0.4, -0.2) is 44.7 Å². The number of amides is 2. The summed E-state index contributed by atoms with van der Waals surface area (Å²) in [5.41, 5.74) is 0.977. The molecule has 1 heterocycles. The molecule has 0 spiro atoms. The fraction of sp³-hybridized carbons (Fsp3) is 0.429. The van der Waals surface area contributed by atoms with Crippen LogP contribution in [0.3, 0.4) is 0 Å². The molecule has 1 aromatic rings. The van der Waals surface area contributed by atoms with E-state index < -0.39 is 0 Å². The molecule has 0 saturated carbocycles. The summed E-state index contributed by atoms with van der Waals surface area (Å²) in [6.45, 7) is 1.97. The Labute approximate surface area is 130 Å². The number of para-hydroxylation sites is 1. The fourth-order valence-electron chi connectivity index (χ4n) is 2.10. The van der Waals surface area contributed by atoms with Crippen LogP contribution in [0.5, 0.6) is 0 Å². The molecule has 0 aliphatic carbocycles. The van der Waals surface area contributed by atoms with Crippen LogP contribution in [0.25, 0.3) is 0 Å². The molecule has 0 aromatic heterocycles. The van der Waals surface area contributed by atoms with Crippen molar-refractivity contribution in [2.45, 2.75) is 12.5 Å². The van der Waals surface area contributed by atoms with Crippen molar-refractivity contribution in [2.24, 2.45) is 0 Å².